The van der Waals surface area contributed by atoms with Gasteiger partial charge in [-0.3, -0.25) is 9.48 Å². The number of amides is 1. The zero-order chi connectivity index (χ0) is 14.4. The predicted octanol–water partition coefficient (Wildman–Crippen LogP) is 0.922. The maximum atomic E-state index is 12.9. The van der Waals surface area contributed by atoms with E-state index in [9.17, 15) is 9.90 Å². The van der Waals surface area contributed by atoms with E-state index in [1.807, 2.05) is 18.7 Å². The first-order valence-corrected chi connectivity index (χ1v) is 7.36. The smallest absolute Gasteiger partial charge is 0.274 e. The monoisotopic (exact) mass is 278 g/mol. The van der Waals surface area contributed by atoms with E-state index in [0.29, 0.717) is 36.5 Å². The number of rotatable bonds is 2. The zero-order valence-electron chi connectivity index (χ0n) is 12.0. The van der Waals surface area contributed by atoms with E-state index in [-0.39, 0.29) is 24.1 Å². The van der Waals surface area contributed by atoms with Crippen LogP contribution in [-0.4, -0.2) is 43.9 Å². The van der Waals surface area contributed by atoms with Crippen molar-refractivity contribution in [1.29, 1.82) is 0 Å². The Kier molecular flexibility index (Phi) is 3.20. The second-order valence-corrected chi connectivity index (χ2v) is 5.89. The van der Waals surface area contributed by atoms with Gasteiger partial charge in [0.2, 0.25) is 0 Å². The maximum absolute atomic E-state index is 12.9. The number of piperidine rings is 1. The van der Waals surface area contributed by atoms with Crippen molar-refractivity contribution in [2.45, 2.75) is 64.3 Å². The van der Waals surface area contributed by atoms with Crippen molar-refractivity contribution in [3.8, 4) is 0 Å². The van der Waals surface area contributed by atoms with Crippen LogP contribution in [0.3, 0.4) is 0 Å². The molecule has 2 aliphatic heterocycles. The lowest BCUT2D eigenvalue weighted by Gasteiger charge is -2.37. The number of anilines is 1. The Morgan fingerprint density at radius 3 is 2.55 bits per heavy atom. The van der Waals surface area contributed by atoms with Gasteiger partial charge in [0.05, 0.1) is 17.5 Å². The maximum Gasteiger partial charge on any atom is 0.274 e. The topological polar surface area (TPSA) is 84.4 Å². The molecule has 0 aliphatic carbocycles. The minimum Gasteiger partial charge on any atom is -0.395 e. The molecule has 2 atom stereocenters. The van der Waals surface area contributed by atoms with Gasteiger partial charge < -0.3 is 15.7 Å². The molecule has 3 N–H and O–H groups in total. The number of nitrogen functional groups attached to an aromatic ring is 1. The van der Waals surface area contributed by atoms with E-state index < -0.39 is 0 Å². The summed E-state index contributed by atoms with van der Waals surface area (Å²) in [7, 11) is 0. The van der Waals surface area contributed by atoms with Crippen LogP contribution in [0.2, 0.25) is 0 Å². The van der Waals surface area contributed by atoms with Crippen molar-refractivity contribution in [3.63, 3.8) is 0 Å². The highest BCUT2D eigenvalue weighted by molar-refractivity contribution is 5.98. The van der Waals surface area contributed by atoms with Crippen LogP contribution in [0.4, 0.5) is 5.69 Å². The van der Waals surface area contributed by atoms with Crippen LogP contribution in [0.25, 0.3) is 0 Å². The third-order valence-electron chi connectivity index (χ3n) is 4.62. The van der Waals surface area contributed by atoms with Crippen LogP contribution >= 0.6 is 0 Å². The highest BCUT2D eigenvalue weighted by Gasteiger charge is 2.44. The van der Waals surface area contributed by atoms with Crippen LogP contribution in [0, 0.1) is 6.92 Å². The van der Waals surface area contributed by atoms with E-state index >= 15 is 0 Å². The van der Waals surface area contributed by atoms with Crippen molar-refractivity contribution < 1.29 is 9.90 Å². The molecule has 0 radical (unpaired) electrons. The van der Waals surface area contributed by atoms with Crippen molar-refractivity contribution in [2.75, 3.05) is 5.73 Å². The summed E-state index contributed by atoms with van der Waals surface area (Å²) in [6, 6.07) is 0.298. The molecule has 2 unspecified atom stereocenters. The van der Waals surface area contributed by atoms with Crippen molar-refractivity contribution >= 4 is 11.6 Å². The van der Waals surface area contributed by atoms with E-state index in [2.05, 4.69) is 5.10 Å². The number of aryl methyl sites for hydroxylation is 2. The molecule has 0 saturated carbocycles. The second-order valence-electron chi connectivity index (χ2n) is 5.89. The molecule has 0 aromatic carbocycles. The minimum atomic E-state index is -0.272. The Balaban J connectivity index is 1.94. The summed E-state index contributed by atoms with van der Waals surface area (Å²) in [4.78, 5) is 14.8. The molecular formula is C14H22N4O2. The molecule has 1 aromatic rings. The van der Waals surface area contributed by atoms with E-state index in [4.69, 9.17) is 5.73 Å². The fraction of sp³-hybridized carbons (Fsp3) is 0.714. The van der Waals surface area contributed by atoms with Crippen LogP contribution in [-0.2, 0) is 6.54 Å². The number of carbonyl (C=O) groups is 1. The van der Waals surface area contributed by atoms with E-state index in [1.165, 1.54) is 0 Å². The van der Waals surface area contributed by atoms with Gasteiger partial charge in [0.1, 0.15) is 5.69 Å². The van der Waals surface area contributed by atoms with Crippen LogP contribution in [0.1, 0.15) is 48.8 Å². The van der Waals surface area contributed by atoms with Gasteiger partial charge in [-0.2, -0.15) is 5.10 Å². The molecule has 6 nitrogen and oxygen atoms in total. The van der Waals surface area contributed by atoms with Crippen LogP contribution in [0.15, 0.2) is 0 Å². The average Bonchev–Trinajstić information content (AvgIpc) is 2.85. The molecule has 2 bridgehead atoms. The van der Waals surface area contributed by atoms with E-state index in [0.717, 1.165) is 12.8 Å². The Hall–Kier alpha value is -1.56. The molecule has 0 spiro atoms. The highest BCUT2D eigenvalue weighted by atomic mass is 16.3. The summed E-state index contributed by atoms with van der Waals surface area (Å²) in [5, 5.41) is 14.2. The summed E-state index contributed by atoms with van der Waals surface area (Å²) in [5.41, 5.74) is 7.75. The minimum absolute atomic E-state index is 0.0237. The summed E-state index contributed by atoms with van der Waals surface area (Å²) >= 11 is 0. The first-order chi connectivity index (χ1) is 9.52. The van der Waals surface area contributed by atoms with Crippen molar-refractivity contribution in [2.24, 2.45) is 0 Å². The fourth-order valence-electron chi connectivity index (χ4n) is 3.65. The average molecular weight is 278 g/mol. The molecular weight excluding hydrogens is 256 g/mol. The first kappa shape index (κ1) is 13.4. The van der Waals surface area contributed by atoms with Gasteiger partial charge in [0, 0.05) is 18.6 Å². The van der Waals surface area contributed by atoms with Crippen LogP contribution in [0.5, 0.6) is 0 Å². The number of aromatic nitrogens is 2. The lowest BCUT2D eigenvalue weighted by Crippen LogP contribution is -2.48. The van der Waals surface area contributed by atoms with Gasteiger partial charge in [-0.1, -0.05) is 0 Å². The van der Waals surface area contributed by atoms with Gasteiger partial charge in [0.25, 0.3) is 5.91 Å². The van der Waals surface area contributed by atoms with Crippen molar-refractivity contribution in [3.05, 3.63) is 11.4 Å². The molecule has 2 saturated heterocycles. The van der Waals surface area contributed by atoms with Gasteiger partial charge in [0.15, 0.2) is 0 Å². The molecule has 2 aliphatic rings. The second kappa shape index (κ2) is 4.77. The lowest BCUT2D eigenvalue weighted by atomic mass is 9.99. The number of hydrogen-bond donors (Lipinski definition) is 2. The number of aliphatic hydroxyl groups excluding tert-OH is 1. The Morgan fingerprint density at radius 1 is 1.40 bits per heavy atom. The Morgan fingerprint density at radius 2 is 2.00 bits per heavy atom. The number of carbonyl (C=O) groups excluding carboxylic acids is 1. The number of fused-ring (bicyclic) bond motifs is 2. The largest absolute Gasteiger partial charge is 0.395 e. The number of nitrogens with zero attached hydrogens (tertiary/aromatic N) is 3. The third kappa shape index (κ3) is 1.90. The Labute approximate surface area is 118 Å². The zero-order valence-corrected chi connectivity index (χ0v) is 12.0. The molecule has 3 heterocycles. The summed E-state index contributed by atoms with van der Waals surface area (Å²) < 4.78 is 1.69. The standard InChI is InChI=1S/C14H22N4O2/c1-3-17-13(12(15)8(2)16-17)14(20)18-9-4-5-10(18)7-11(19)6-9/h9-11,19H,3-7,15H2,1-2H3. The first-order valence-electron chi connectivity index (χ1n) is 7.36. The van der Waals surface area contributed by atoms with Gasteiger partial charge >= 0.3 is 0 Å². The summed E-state index contributed by atoms with van der Waals surface area (Å²) in [5.74, 6) is -0.0237. The fourth-order valence-corrected chi connectivity index (χ4v) is 3.65. The predicted molar refractivity (Wildman–Crippen MR) is 75.3 cm³/mol. The third-order valence-corrected chi connectivity index (χ3v) is 4.62. The van der Waals surface area contributed by atoms with Crippen molar-refractivity contribution in [1.82, 2.24) is 14.7 Å². The SMILES string of the molecule is CCn1nc(C)c(N)c1C(=O)N1C2CCC1CC(O)C2. The number of hydrogen-bond acceptors (Lipinski definition) is 4. The lowest BCUT2D eigenvalue weighted by molar-refractivity contribution is 0.0279. The Bertz CT molecular complexity index is 526. The van der Waals surface area contributed by atoms with Gasteiger partial charge in [-0.25, -0.2) is 0 Å². The van der Waals surface area contributed by atoms with Gasteiger partial charge in [-0.05, 0) is 39.5 Å². The molecule has 3 rings (SSSR count). The van der Waals surface area contributed by atoms with Crippen LogP contribution < -0.4 is 5.73 Å². The quantitative estimate of drug-likeness (QED) is 0.842. The number of aliphatic hydroxyl groups is 1. The molecule has 2 fully saturated rings. The van der Waals surface area contributed by atoms with E-state index in [1.54, 1.807) is 4.68 Å². The number of nitrogens with two attached hydrogens (primary N) is 1. The summed E-state index contributed by atoms with van der Waals surface area (Å²) in [6.07, 6.45) is 3.05. The van der Waals surface area contributed by atoms with Gasteiger partial charge in [-0.15, -0.1) is 0 Å². The molecule has 6 heteroatoms. The summed E-state index contributed by atoms with van der Waals surface area (Å²) in [6.45, 7) is 4.41. The molecule has 1 aromatic heterocycles. The highest BCUT2D eigenvalue weighted by Crippen LogP contribution is 2.37. The molecule has 1 amide bonds. The molecule has 20 heavy (non-hydrogen) atoms. The normalized spacial score (nSPS) is 28.9. The molecule has 110 valence electrons.